The third kappa shape index (κ3) is 4.14. The highest BCUT2D eigenvalue weighted by Crippen LogP contribution is 2.27. The van der Waals surface area contributed by atoms with E-state index in [1.54, 1.807) is 18.0 Å². The van der Waals surface area contributed by atoms with Crippen LogP contribution in [0.1, 0.15) is 28.8 Å². The quantitative estimate of drug-likeness (QED) is 0.474. The summed E-state index contributed by atoms with van der Waals surface area (Å²) in [7, 11) is 0. The fraction of sp³-hybridized carbons (Fsp3) is 0.250. The number of rotatable bonds is 8. The van der Waals surface area contributed by atoms with Crippen LogP contribution in [0.4, 0.5) is 0 Å². The van der Waals surface area contributed by atoms with Crippen molar-refractivity contribution < 1.29 is 9.21 Å². The molecule has 4 rings (SSSR count). The molecule has 1 aromatic carbocycles. The minimum atomic E-state index is -0.000667. The maximum atomic E-state index is 12.2. The Morgan fingerprint density at radius 1 is 1.33 bits per heavy atom. The first-order chi connectivity index (χ1) is 13.2. The molecule has 138 valence electrons. The summed E-state index contributed by atoms with van der Waals surface area (Å²) < 4.78 is 7.42. The third-order valence-electron chi connectivity index (χ3n) is 4.24. The van der Waals surface area contributed by atoms with E-state index < -0.39 is 0 Å². The number of nitrogens with one attached hydrogen (secondary N) is 1. The molecule has 1 amide bonds. The number of carbonyl (C=O) groups excluding carboxylic acids is 1. The number of hydrogen-bond donors (Lipinski definition) is 1. The summed E-state index contributed by atoms with van der Waals surface area (Å²) in [5.41, 5.74) is 1.76. The fourth-order valence-electron chi connectivity index (χ4n) is 2.72. The number of aromatic nitrogens is 3. The standard InChI is InChI=1S/C20H20N4O2S/c1-2-10-24-18(17-7-4-11-26-17)22-23-20(24)27-13-14-5-3-6-15(12-14)19(25)21-16-8-9-16/h2-7,11-12,16H,1,8-10,13H2,(H,21,25). The molecule has 2 aromatic heterocycles. The summed E-state index contributed by atoms with van der Waals surface area (Å²) in [4.78, 5) is 12.2. The second kappa shape index (κ2) is 7.84. The van der Waals surface area contributed by atoms with Crippen molar-refractivity contribution in [2.75, 3.05) is 0 Å². The van der Waals surface area contributed by atoms with Crippen molar-refractivity contribution in [2.24, 2.45) is 0 Å². The van der Waals surface area contributed by atoms with Gasteiger partial charge in [0.15, 0.2) is 10.9 Å². The highest BCUT2D eigenvalue weighted by Gasteiger charge is 2.23. The molecule has 1 aliphatic carbocycles. The molecule has 7 heteroatoms. The monoisotopic (exact) mass is 380 g/mol. The van der Waals surface area contributed by atoms with Gasteiger partial charge in [-0.05, 0) is 42.7 Å². The molecule has 3 aromatic rings. The van der Waals surface area contributed by atoms with E-state index in [9.17, 15) is 4.79 Å². The van der Waals surface area contributed by atoms with Crippen LogP contribution in [0.2, 0.25) is 0 Å². The number of amides is 1. The van der Waals surface area contributed by atoms with E-state index in [1.807, 2.05) is 47.0 Å². The third-order valence-corrected chi connectivity index (χ3v) is 5.28. The second-order valence-corrected chi connectivity index (χ2v) is 7.36. The van der Waals surface area contributed by atoms with Crippen molar-refractivity contribution in [1.82, 2.24) is 20.1 Å². The molecule has 1 aliphatic rings. The fourth-order valence-corrected chi connectivity index (χ4v) is 3.61. The van der Waals surface area contributed by atoms with E-state index >= 15 is 0 Å². The Hall–Kier alpha value is -2.80. The molecule has 2 heterocycles. The maximum absolute atomic E-state index is 12.2. The SMILES string of the molecule is C=CCn1c(SCc2cccc(C(=O)NC3CC3)c2)nnc1-c1ccco1. The largest absolute Gasteiger partial charge is 0.461 e. The minimum absolute atomic E-state index is 0.000667. The van der Waals surface area contributed by atoms with Gasteiger partial charge in [-0.15, -0.1) is 16.8 Å². The number of hydrogen-bond acceptors (Lipinski definition) is 5. The summed E-state index contributed by atoms with van der Waals surface area (Å²) >= 11 is 1.57. The summed E-state index contributed by atoms with van der Waals surface area (Å²) in [6, 6.07) is 11.8. The molecule has 1 saturated carbocycles. The number of benzene rings is 1. The van der Waals surface area contributed by atoms with E-state index in [-0.39, 0.29) is 5.91 Å². The number of allylic oxidation sites excluding steroid dienone is 1. The van der Waals surface area contributed by atoms with Crippen LogP contribution in [0.15, 0.2) is 64.9 Å². The van der Waals surface area contributed by atoms with Crippen molar-refractivity contribution in [2.45, 2.75) is 36.3 Å². The van der Waals surface area contributed by atoms with Gasteiger partial charge in [0.25, 0.3) is 5.91 Å². The molecule has 0 aliphatic heterocycles. The second-order valence-electron chi connectivity index (χ2n) is 6.42. The van der Waals surface area contributed by atoms with Crippen LogP contribution in [0.3, 0.4) is 0 Å². The predicted octanol–water partition coefficient (Wildman–Crippen LogP) is 3.91. The number of nitrogens with zero attached hydrogens (tertiary/aromatic N) is 3. The van der Waals surface area contributed by atoms with Gasteiger partial charge in [0.2, 0.25) is 5.82 Å². The lowest BCUT2D eigenvalue weighted by Gasteiger charge is -2.08. The normalized spacial score (nSPS) is 13.5. The molecule has 27 heavy (non-hydrogen) atoms. The van der Waals surface area contributed by atoms with Gasteiger partial charge >= 0.3 is 0 Å². The van der Waals surface area contributed by atoms with Crippen molar-refractivity contribution in [1.29, 1.82) is 0 Å². The molecule has 6 nitrogen and oxygen atoms in total. The summed E-state index contributed by atoms with van der Waals surface area (Å²) in [5, 5.41) is 12.4. The first kappa shape index (κ1) is 17.6. The summed E-state index contributed by atoms with van der Waals surface area (Å²) in [6.45, 7) is 4.41. The van der Waals surface area contributed by atoms with Gasteiger partial charge in [-0.3, -0.25) is 9.36 Å². The Labute approximate surface area is 161 Å². The molecule has 0 atom stereocenters. The van der Waals surface area contributed by atoms with E-state index in [0.717, 1.165) is 23.6 Å². The van der Waals surface area contributed by atoms with Gasteiger partial charge < -0.3 is 9.73 Å². The van der Waals surface area contributed by atoms with Gasteiger partial charge in [-0.1, -0.05) is 30.0 Å². The smallest absolute Gasteiger partial charge is 0.251 e. The van der Waals surface area contributed by atoms with Crippen LogP contribution in [0, 0.1) is 0 Å². The highest BCUT2D eigenvalue weighted by atomic mass is 32.2. The molecule has 1 fully saturated rings. The Morgan fingerprint density at radius 2 is 2.22 bits per heavy atom. The average Bonchev–Trinajstić information content (AvgIpc) is 3.17. The molecular formula is C20H20N4O2S. The van der Waals surface area contributed by atoms with Gasteiger partial charge in [0.05, 0.1) is 6.26 Å². The van der Waals surface area contributed by atoms with Crippen molar-refractivity contribution in [3.8, 4) is 11.6 Å². The van der Waals surface area contributed by atoms with Crippen LogP contribution >= 0.6 is 11.8 Å². The zero-order chi connectivity index (χ0) is 18.6. The molecule has 0 radical (unpaired) electrons. The van der Waals surface area contributed by atoms with Crippen LogP contribution < -0.4 is 5.32 Å². The van der Waals surface area contributed by atoms with Crippen LogP contribution in [0.5, 0.6) is 0 Å². The Morgan fingerprint density at radius 3 is 2.96 bits per heavy atom. The van der Waals surface area contributed by atoms with Crippen molar-refractivity contribution >= 4 is 17.7 Å². The van der Waals surface area contributed by atoms with Crippen LogP contribution in [0.25, 0.3) is 11.6 Å². The van der Waals surface area contributed by atoms with Crippen molar-refractivity contribution in [3.63, 3.8) is 0 Å². The zero-order valence-corrected chi connectivity index (χ0v) is 15.6. The van der Waals surface area contributed by atoms with Gasteiger partial charge in [0, 0.05) is 23.9 Å². The van der Waals surface area contributed by atoms with Gasteiger partial charge in [0.1, 0.15) is 0 Å². The first-order valence-electron chi connectivity index (χ1n) is 8.85. The zero-order valence-electron chi connectivity index (χ0n) is 14.8. The summed E-state index contributed by atoms with van der Waals surface area (Å²) in [6.07, 6.45) is 5.59. The lowest BCUT2D eigenvalue weighted by molar-refractivity contribution is 0.0951. The van der Waals surface area contributed by atoms with E-state index in [2.05, 4.69) is 22.1 Å². The molecule has 0 unspecified atom stereocenters. The Kier molecular flexibility index (Phi) is 5.11. The Balaban J connectivity index is 1.48. The van der Waals surface area contributed by atoms with Crippen LogP contribution in [-0.4, -0.2) is 26.7 Å². The minimum Gasteiger partial charge on any atom is -0.461 e. The summed E-state index contributed by atoms with van der Waals surface area (Å²) in [5.74, 6) is 2.05. The highest BCUT2D eigenvalue weighted by molar-refractivity contribution is 7.98. The molecular weight excluding hydrogens is 360 g/mol. The average molecular weight is 380 g/mol. The Bertz CT molecular complexity index is 945. The molecule has 0 saturated heterocycles. The topological polar surface area (TPSA) is 73.0 Å². The van der Waals surface area contributed by atoms with Gasteiger partial charge in [-0.2, -0.15) is 0 Å². The number of carbonyl (C=O) groups is 1. The van der Waals surface area contributed by atoms with Crippen LogP contribution in [-0.2, 0) is 12.3 Å². The van der Waals surface area contributed by atoms with E-state index in [4.69, 9.17) is 4.42 Å². The number of furan rings is 1. The van der Waals surface area contributed by atoms with Crippen molar-refractivity contribution in [3.05, 3.63) is 66.4 Å². The predicted molar refractivity (Wildman–Crippen MR) is 104 cm³/mol. The lowest BCUT2D eigenvalue weighted by Crippen LogP contribution is -2.25. The van der Waals surface area contributed by atoms with Gasteiger partial charge in [-0.25, -0.2) is 0 Å². The molecule has 0 bridgehead atoms. The van der Waals surface area contributed by atoms with E-state index in [0.29, 0.717) is 35.5 Å². The first-order valence-corrected chi connectivity index (χ1v) is 9.83. The van der Waals surface area contributed by atoms with E-state index in [1.165, 1.54) is 0 Å². The lowest BCUT2D eigenvalue weighted by atomic mass is 10.1. The maximum Gasteiger partial charge on any atom is 0.251 e. The molecule has 1 N–H and O–H groups in total. The molecule has 0 spiro atoms. The number of thioether (sulfide) groups is 1.